The maximum atomic E-state index is 10.8. The molecule has 0 spiro atoms. The molecule has 7 nitrogen and oxygen atoms in total. The fourth-order valence-corrected chi connectivity index (χ4v) is 1.95. The molecular weight excluding hydrogens is 342 g/mol. The predicted octanol–water partition coefficient (Wildman–Crippen LogP) is 3.24. The number of para-hydroxylation sites is 1. The van der Waals surface area contributed by atoms with Crippen LogP contribution in [0.2, 0.25) is 0 Å². The summed E-state index contributed by atoms with van der Waals surface area (Å²) in [5.41, 5.74) is 5.84. The summed E-state index contributed by atoms with van der Waals surface area (Å²) in [6.45, 7) is 0. The van der Waals surface area contributed by atoms with Crippen LogP contribution in [0.1, 0.15) is 5.56 Å². The van der Waals surface area contributed by atoms with E-state index in [4.69, 9.17) is 15.7 Å². The van der Waals surface area contributed by atoms with Crippen molar-refractivity contribution in [2.75, 3.05) is 0 Å². The van der Waals surface area contributed by atoms with Crippen LogP contribution in [-0.2, 0) is 0 Å². The standard InChI is InChI=1S/C13H10BrN3O4/c14-10-6-5-8(17(19)20)7-12(10)21-11-4-2-1-3-9(11)13(15)16-18/h1-7,18H,(H2,15,16). The molecule has 0 unspecified atom stereocenters. The molecule has 0 aromatic heterocycles. The van der Waals surface area contributed by atoms with E-state index in [1.54, 1.807) is 24.3 Å². The molecular formula is C13H10BrN3O4. The van der Waals surface area contributed by atoms with Crippen LogP contribution in [0.15, 0.2) is 52.1 Å². The number of amidine groups is 1. The molecule has 8 heteroatoms. The molecule has 0 fully saturated rings. The zero-order valence-corrected chi connectivity index (χ0v) is 12.1. The van der Waals surface area contributed by atoms with Crippen LogP contribution in [0.4, 0.5) is 5.69 Å². The average Bonchev–Trinajstić information content (AvgIpc) is 2.49. The molecule has 0 heterocycles. The van der Waals surface area contributed by atoms with Crippen molar-refractivity contribution in [1.29, 1.82) is 0 Å². The Morgan fingerprint density at radius 2 is 2.00 bits per heavy atom. The number of hydrogen-bond acceptors (Lipinski definition) is 5. The SMILES string of the molecule is N/C(=N/O)c1ccccc1Oc1cc([N+](=O)[O-])ccc1Br. The van der Waals surface area contributed by atoms with Crippen LogP contribution >= 0.6 is 15.9 Å². The van der Waals surface area contributed by atoms with Gasteiger partial charge in [0.25, 0.3) is 5.69 Å². The Labute approximate surface area is 127 Å². The zero-order chi connectivity index (χ0) is 15.4. The van der Waals surface area contributed by atoms with Gasteiger partial charge < -0.3 is 15.7 Å². The number of rotatable bonds is 4. The second-order valence-electron chi connectivity index (χ2n) is 3.96. The molecule has 0 saturated heterocycles. The second-order valence-corrected chi connectivity index (χ2v) is 4.81. The Hall–Kier alpha value is -2.61. The fourth-order valence-electron chi connectivity index (χ4n) is 1.62. The van der Waals surface area contributed by atoms with Gasteiger partial charge in [-0.1, -0.05) is 17.3 Å². The summed E-state index contributed by atoms with van der Waals surface area (Å²) < 4.78 is 6.17. The van der Waals surface area contributed by atoms with E-state index in [0.29, 0.717) is 15.8 Å². The molecule has 0 aliphatic rings. The van der Waals surface area contributed by atoms with Gasteiger partial charge in [0.05, 0.1) is 21.0 Å². The van der Waals surface area contributed by atoms with Gasteiger partial charge in [-0.15, -0.1) is 0 Å². The minimum Gasteiger partial charge on any atom is -0.455 e. The van der Waals surface area contributed by atoms with Crippen molar-refractivity contribution in [2.45, 2.75) is 0 Å². The Kier molecular flexibility index (Phi) is 4.39. The van der Waals surface area contributed by atoms with Crippen LogP contribution in [0, 0.1) is 10.1 Å². The number of non-ortho nitro benzene ring substituents is 1. The summed E-state index contributed by atoms with van der Waals surface area (Å²) in [6, 6.07) is 10.8. The Bertz CT molecular complexity index is 718. The van der Waals surface area contributed by atoms with Crippen molar-refractivity contribution in [3.05, 3.63) is 62.6 Å². The number of oxime groups is 1. The molecule has 0 radical (unpaired) electrons. The van der Waals surface area contributed by atoms with Crippen LogP contribution in [0.5, 0.6) is 11.5 Å². The van der Waals surface area contributed by atoms with Crippen LogP contribution in [0.25, 0.3) is 0 Å². The Morgan fingerprint density at radius 3 is 2.67 bits per heavy atom. The lowest BCUT2D eigenvalue weighted by Gasteiger charge is -2.11. The number of nitrogens with two attached hydrogens (primary N) is 1. The van der Waals surface area contributed by atoms with Crippen LogP contribution < -0.4 is 10.5 Å². The Balaban J connectivity index is 2.43. The van der Waals surface area contributed by atoms with Crippen molar-refractivity contribution in [3.8, 4) is 11.5 Å². The van der Waals surface area contributed by atoms with Crippen LogP contribution in [-0.4, -0.2) is 16.0 Å². The van der Waals surface area contributed by atoms with Gasteiger partial charge in [-0.25, -0.2) is 0 Å². The maximum absolute atomic E-state index is 10.8. The molecule has 0 aliphatic heterocycles. The third-order valence-electron chi connectivity index (χ3n) is 2.62. The highest BCUT2D eigenvalue weighted by Crippen LogP contribution is 2.34. The number of hydrogen-bond donors (Lipinski definition) is 2. The zero-order valence-electron chi connectivity index (χ0n) is 10.6. The molecule has 0 saturated carbocycles. The summed E-state index contributed by atoms with van der Waals surface area (Å²) in [5, 5.41) is 22.5. The molecule has 2 aromatic carbocycles. The number of nitrogens with zero attached hydrogens (tertiary/aromatic N) is 2. The number of halogens is 1. The monoisotopic (exact) mass is 351 g/mol. The smallest absolute Gasteiger partial charge is 0.273 e. The van der Waals surface area contributed by atoms with E-state index >= 15 is 0 Å². The highest BCUT2D eigenvalue weighted by atomic mass is 79.9. The molecule has 21 heavy (non-hydrogen) atoms. The quantitative estimate of drug-likeness (QED) is 0.288. The number of benzene rings is 2. The third kappa shape index (κ3) is 3.29. The summed E-state index contributed by atoms with van der Waals surface area (Å²) >= 11 is 3.26. The van der Waals surface area contributed by atoms with Gasteiger partial charge in [-0.2, -0.15) is 0 Å². The largest absolute Gasteiger partial charge is 0.455 e. The maximum Gasteiger partial charge on any atom is 0.273 e. The van der Waals surface area contributed by atoms with E-state index in [1.165, 1.54) is 18.2 Å². The molecule has 2 aromatic rings. The van der Waals surface area contributed by atoms with E-state index in [1.807, 2.05) is 0 Å². The third-order valence-corrected chi connectivity index (χ3v) is 3.27. The highest BCUT2D eigenvalue weighted by Gasteiger charge is 2.14. The van der Waals surface area contributed by atoms with Gasteiger partial charge in [0.1, 0.15) is 11.5 Å². The molecule has 108 valence electrons. The molecule has 0 amide bonds. The molecule has 0 atom stereocenters. The summed E-state index contributed by atoms with van der Waals surface area (Å²) in [5.74, 6) is 0.448. The van der Waals surface area contributed by atoms with Gasteiger partial charge in [0.2, 0.25) is 0 Å². The van der Waals surface area contributed by atoms with E-state index in [9.17, 15) is 10.1 Å². The molecule has 2 rings (SSSR count). The fraction of sp³-hybridized carbons (Fsp3) is 0. The van der Waals surface area contributed by atoms with Gasteiger partial charge in [-0.3, -0.25) is 10.1 Å². The van der Waals surface area contributed by atoms with Crippen molar-refractivity contribution in [1.82, 2.24) is 0 Å². The topological polar surface area (TPSA) is 111 Å². The number of nitro groups is 1. The lowest BCUT2D eigenvalue weighted by atomic mass is 10.2. The van der Waals surface area contributed by atoms with E-state index in [2.05, 4.69) is 21.1 Å². The first-order valence-corrected chi connectivity index (χ1v) is 6.51. The van der Waals surface area contributed by atoms with Crippen molar-refractivity contribution < 1.29 is 14.9 Å². The van der Waals surface area contributed by atoms with Crippen molar-refractivity contribution in [3.63, 3.8) is 0 Å². The first-order chi connectivity index (χ1) is 10.0. The first-order valence-electron chi connectivity index (χ1n) is 5.71. The highest BCUT2D eigenvalue weighted by molar-refractivity contribution is 9.10. The second kappa shape index (κ2) is 6.23. The van der Waals surface area contributed by atoms with Crippen molar-refractivity contribution >= 4 is 27.5 Å². The van der Waals surface area contributed by atoms with Crippen LogP contribution in [0.3, 0.4) is 0 Å². The summed E-state index contributed by atoms with van der Waals surface area (Å²) in [7, 11) is 0. The molecule has 0 aliphatic carbocycles. The normalized spacial score (nSPS) is 11.2. The molecule has 3 N–H and O–H groups in total. The van der Waals surface area contributed by atoms with E-state index < -0.39 is 4.92 Å². The van der Waals surface area contributed by atoms with E-state index in [0.717, 1.165) is 0 Å². The average molecular weight is 352 g/mol. The lowest BCUT2D eigenvalue weighted by molar-refractivity contribution is -0.384. The van der Waals surface area contributed by atoms with E-state index in [-0.39, 0.29) is 17.3 Å². The minimum atomic E-state index is -0.519. The minimum absolute atomic E-state index is 0.102. The molecule has 0 bridgehead atoms. The Morgan fingerprint density at radius 1 is 1.29 bits per heavy atom. The summed E-state index contributed by atoms with van der Waals surface area (Å²) in [4.78, 5) is 10.3. The predicted molar refractivity (Wildman–Crippen MR) is 79.8 cm³/mol. The lowest BCUT2D eigenvalue weighted by Crippen LogP contribution is -2.14. The number of nitro benzene ring substituents is 1. The van der Waals surface area contributed by atoms with Gasteiger partial charge in [0, 0.05) is 6.07 Å². The van der Waals surface area contributed by atoms with Gasteiger partial charge in [0.15, 0.2) is 5.84 Å². The summed E-state index contributed by atoms with van der Waals surface area (Å²) in [6.07, 6.45) is 0. The van der Waals surface area contributed by atoms with Gasteiger partial charge >= 0.3 is 0 Å². The van der Waals surface area contributed by atoms with Gasteiger partial charge in [-0.05, 0) is 34.1 Å². The first kappa shape index (κ1) is 14.8. The number of ether oxygens (including phenoxy) is 1. The van der Waals surface area contributed by atoms with Crippen molar-refractivity contribution in [2.24, 2.45) is 10.9 Å².